The molecule has 9 nitrogen and oxygen atoms in total. The van der Waals surface area contributed by atoms with Crippen molar-refractivity contribution in [1.29, 1.82) is 0 Å². The first kappa shape index (κ1) is 15.9. The first-order valence-corrected chi connectivity index (χ1v) is 6.15. The van der Waals surface area contributed by atoms with E-state index in [1.54, 1.807) is 0 Å². The number of hydrogen-bond donors (Lipinski definition) is 1. The molecule has 0 saturated heterocycles. The van der Waals surface area contributed by atoms with Crippen molar-refractivity contribution in [3.05, 3.63) is 57.7 Å². The number of aromatic nitrogens is 3. The first-order valence-electron chi connectivity index (χ1n) is 6.15. The van der Waals surface area contributed by atoms with Crippen LogP contribution in [0.2, 0.25) is 0 Å². The third-order valence-electron chi connectivity index (χ3n) is 2.69. The van der Waals surface area contributed by atoms with E-state index in [4.69, 9.17) is 5.11 Å². The summed E-state index contributed by atoms with van der Waals surface area (Å²) in [6, 6.07) is 2.62. The second kappa shape index (κ2) is 6.56. The Morgan fingerprint density at radius 3 is 2.83 bits per heavy atom. The van der Waals surface area contributed by atoms with Crippen LogP contribution in [0.1, 0.15) is 16.1 Å². The van der Waals surface area contributed by atoms with Crippen LogP contribution in [0.5, 0.6) is 0 Å². The molecule has 0 unspecified atom stereocenters. The standard InChI is InChI=1S/C13H9FN4O5/c14-11-3-2-9(18(22)23)5-10(11)12(19)4-1-8-6-17(16-15-8)7-13(20)21/h1-6H,7H2,(H,20,21)/b4-1+. The summed E-state index contributed by atoms with van der Waals surface area (Å²) in [5.41, 5.74) is -0.672. The molecule has 1 aromatic heterocycles. The van der Waals surface area contributed by atoms with Gasteiger partial charge in [-0.1, -0.05) is 5.21 Å². The van der Waals surface area contributed by atoms with Crippen molar-refractivity contribution in [1.82, 2.24) is 15.0 Å². The Kier molecular flexibility index (Phi) is 4.55. The molecule has 1 heterocycles. The number of hydrogen-bond acceptors (Lipinski definition) is 6. The van der Waals surface area contributed by atoms with Crippen LogP contribution in [-0.2, 0) is 11.3 Å². The second-order valence-electron chi connectivity index (χ2n) is 4.35. The monoisotopic (exact) mass is 320 g/mol. The zero-order valence-electron chi connectivity index (χ0n) is 11.4. The summed E-state index contributed by atoms with van der Waals surface area (Å²) < 4.78 is 14.6. The number of rotatable bonds is 6. The Bertz CT molecular complexity index is 814. The van der Waals surface area contributed by atoms with E-state index in [-0.39, 0.29) is 5.69 Å². The van der Waals surface area contributed by atoms with Gasteiger partial charge >= 0.3 is 5.97 Å². The summed E-state index contributed by atoms with van der Waals surface area (Å²) >= 11 is 0. The van der Waals surface area contributed by atoms with Gasteiger partial charge in [0.15, 0.2) is 5.78 Å². The maximum atomic E-state index is 13.6. The molecular formula is C13H9FN4O5. The molecule has 118 valence electrons. The van der Waals surface area contributed by atoms with E-state index in [1.807, 2.05) is 0 Å². The first-order chi connectivity index (χ1) is 10.9. The summed E-state index contributed by atoms with van der Waals surface area (Å²) in [5.74, 6) is -2.79. The van der Waals surface area contributed by atoms with E-state index < -0.39 is 40.3 Å². The van der Waals surface area contributed by atoms with Gasteiger partial charge in [0, 0.05) is 12.1 Å². The molecule has 0 bridgehead atoms. The number of carboxylic acid groups (broad SMARTS) is 1. The van der Waals surface area contributed by atoms with Crippen molar-refractivity contribution in [3.63, 3.8) is 0 Å². The van der Waals surface area contributed by atoms with Crippen LogP contribution in [0.4, 0.5) is 10.1 Å². The molecule has 0 radical (unpaired) electrons. The zero-order valence-corrected chi connectivity index (χ0v) is 11.4. The highest BCUT2D eigenvalue weighted by molar-refractivity contribution is 6.07. The fourth-order valence-electron chi connectivity index (χ4n) is 1.67. The maximum absolute atomic E-state index is 13.6. The third kappa shape index (κ3) is 4.03. The molecule has 2 rings (SSSR count). The Labute approximate surface area is 127 Å². The normalized spacial score (nSPS) is 10.8. The van der Waals surface area contributed by atoms with Gasteiger partial charge in [-0.15, -0.1) is 5.10 Å². The number of carbonyl (C=O) groups excluding carboxylic acids is 1. The molecule has 0 spiro atoms. The molecule has 10 heteroatoms. The smallest absolute Gasteiger partial charge is 0.325 e. The number of benzene rings is 1. The van der Waals surface area contributed by atoms with Crippen molar-refractivity contribution in [3.8, 4) is 0 Å². The topological polar surface area (TPSA) is 128 Å². The van der Waals surface area contributed by atoms with Gasteiger partial charge in [-0.05, 0) is 18.2 Å². The minimum absolute atomic E-state index is 0.186. The predicted molar refractivity (Wildman–Crippen MR) is 74.1 cm³/mol. The van der Waals surface area contributed by atoms with Crippen LogP contribution in [0, 0.1) is 15.9 Å². The van der Waals surface area contributed by atoms with Crippen LogP contribution in [0.25, 0.3) is 6.08 Å². The van der Waals surface area contributed by atoms with Gasteiger partial charge in [-0.25, -0.2) is 9.07 Å². The van der Waals surface area contributed by atoms with Gasteiger partial charge in [0.05, 0.1) is 16.7 Å². The lowest BCUT2D eigenvalue weighted by Gasteiger charge is -1.98. The van der Waals surface area contributed by atoms with Gasteiger partial charge in [0.25, 0.3) is 5.69 Å². The van der Waals surface area contributed by atoms with E-state index in [0.717, 1.165) is 29.0 Å². The molecule has 0 fully saturated rings. The fourth-order valence-corrected chi connectivity index (χ4v) is 1.67. The number of non-ortho nitro benzene ring substituents is 1. The second-order valence-corrected chi connectivity index (χ2v) is 4.35. The fraction of sp³-hybridized carbons (Fsp3) is 0.0769. The highest BCUT2D eigenvalue weighted by Gasteiger charge is 2.15. The van der Waals surface area contributed by atoms with Crippen LogP contribution < -0.4 is 0 Å². The van der Waals surface area contributed by atoms with Crippen LogP contribution in [0.15, 0.2) is 30.5 Å². The Morgan fingerprint density at radius 2 is 2.17 bits per heavy atom. The largest absolute Gasteiger partial charge is 0.480 e. The molecule has 23 heavy (non-hydrogen) atoms. The maximum Gasteiger partial charge on any atom is 0.325 e. The molecule has 0 saturated carbocycles. The molecular weight excluding hydrogens is 311 g/mol. The third-order valence-corrected chi connectivity index (χ3v) is 2.69. The average molecular weight is 320 g/mol. The minimum Gasteiger partial charge on any atom is -0.480 e. The summed E-state index contributed by atoms with van der Waals surface area (Å²) in [6.07, 6.45) is 3.45. The van der Waals surface area contributed by atoms with E-state index >= 15 is 0 Å². The SMILES string of the molecule is O=C(O)Cn1cc(/C=C/C(=O)c2cc([N+](=O)[O-])ccc2F)nn1. The number of halogens is 1. The lowest BCUT2D eigenvalue weighted by atomic mass is 10.1. The Morgan fingerprint density at radius 1 is 1.43 bits per heavy atom. The number of nitro benzene ring substituents is 1. The highest BCUT2D eigenvalue weighted by Crippen LogP contribution is 2.18. The van der Waals surface area contributed by atoms with Crippen molar-refractivity contribution in [2.45, 2.75) is 6.54 Å². The number of aliphatic carboxylic acids is 1. The Hall–Kier alpha value is -3.43. The number of carbonyl (C=O) groups is 2. The molecule has 0 atom stereocenters. The summed E-state index contributed by atoms with van der Waals surface area (Å²) in [5, 5.41) is 26.4. The van der Waals surface area contributed by atoms with Crippen LogP contribution in [-0.4, -0.2) is 36.8 Å². The summed E-state index contributed by atoms with van der Waals surface area (Å²) in [6.45, 7) is -0.395. The van der Waals surface area contributed by atoms with Gasteiger partial charge in [0.1, 0.15) is 18.1 Å². The number of ketones is 1. The van der Waals surface area contributed by atoms with Crippen molar-refractivity contribution in [2.75, 3.05) is 0 Å². The van der Waals surface area contributed by atoms with Crippen molar-refractivity contribution in [2.24, 2.45) is 0 Å². The highest BCUT2D eigenvalue weighted by atomic mass is 19.1. The Balaban J connectivity index is 2.18. The average Bonchev–Trinajstić information content (AvgIpc) is 2.91. The van der Waals surface area contributed by atoms with Gasteiger partial charge in [-0.2, -0.15) is 0 Å². The quantitative estimate of drug-likeness (QED) is 0.367. The molecule has 0 aliphatic heterocycles. The summed E-state index contributed by atoms with van der Waals surface area (Å²) in [7, 11) is 0. The minimum atomic E-state index is -1.11. The molecule has 1 N–H and O–H groups in total. The van der Waals surface area contributed by atoms with Gasteiger partial charge < -0.3 is 5.11 Å². The number of nitrogens with zero attached hydrogens (tertiary/aromatic N) is 4. The van der Waals surface area contributed by atoms with E-state index in [1.165, 1.54) is 12.3 Å². The van der Waals surface area contributed by atoms with E-state index in [9.17, 15) is 24.1 Å². The molecule has 0 aliphatic rings. The predicted octanol–water partition coefficient (Wildman–Crippen LogP) is 1.31. The van der Waals surface area contributed by atoms with Crippen LogP contribution in [0.3, 0.4) is 0 Å². The number of carboxylic acids is 1. The lowest BCUT2D eigenvalue weighted by Crippen LogP contribution is -2.08. The number of nitro groups is 1. The van der Waals surface area contributed by atoms with Crippen LogP contribution >= 0.6 is 0 Å². The molecule has 0 aliphatic carbocycles. The summed E-state index contributed by atoms with van der Waals surface area (Å²) in [4.78, 5) is 32.3. The van der Waals surface area contributed by atoms with E-state index in [2.05, 4.69) is 10.3 Å². The lowest BCUT2D eigenvalue weighted by molar-refractivity contribution is -0.384. The number of allylic oxidation sites excluding steroid dienone is 1. The molecule has 2 aromatic rings. The van der Waals surface area contributed by atoms with Gasteiger partial charge in [0.2, 0.25) is 0 Å². The van der Waals surface area contributed by atoms with E-state index in [0.29, 0.717) is 0 Å². The molecule has 1 aromatic carbocycles. The van der Waals surface area contributed by atoms with Crippen molar-refractivity contribution >= 4 is 23.5 Å². The van der Waals surface area contributed by atoms with Gasteiger partial charge in [-0.3, -0.25) is 19.7 Å². The zero-order chi connectivity index (χ0) is 17.0. The van der Waals surface area contributed by atoms with Crippen molar-refractivity contribution < 1.29 is 24.0 Å². The molecule has 0 amide bonds.